The van der Waals surface area contributed by atoms with Gasteiger partial charge in [0.1, 0.15) is 5.60 Å². The molecule has 1 aromatic carbocycles. The Morgan fingerprint density at radius 2 is 1.96 bits per heavy atom. The van der Waals surface area contributed by atoms with Crippen molar-refractivity contribution in [3.63, 3.8) is 0 Å². The molecule has 0 aromatic heterocycles. The number of hydrogen-bond donors (Lipinski definition) is 2. The van der Waals surface area contributed by atoms with Crippen LogP contribution in [0.25, 0.3) is 0 Å². The number of hydrogen-bond acceptors (Lipinski definition) is 4. The van der Waals surface area contributed by atoms with Crippen molar-refractivity contribution < 1.29 is 23.1 Å². The van der Waals surface area contributed by atoms with Gasteiger partial charge < -0.3 is 20.3 Å². The average Bonchev–Trinajstić information content (AvgIpc) is 3.03. The molecule has 2 amide bonds. The second-order valence-electron chi connectivity index (χ2n) is 7.68. The number of carbonyl (C=O) groups is 2. The second-order valence-corrected chi connectivity index (χ2v) is 7.68. The van der Waals surface area contributed by atoms with Gasteiger partial charge in [-0.1, -0.05) is 0 Å². The molecule has 1 atom stereocenters. The maximum absolute atomic E-state index is 13.4. The van der Waals surface area contributed by atoms with E-state index in [1.54, 1.807) is 26.8 Å². The lowest BCUT2D eigenvalue weighted by atomic mass is 10.1. The summed E-state index contributed by atoms with van der Waals surface area (Å²) in [5, 5.41) is 5.39. The first-order valence-electron chi connectivity index (χ1n) is 9.07. The third kappa shape index (κ3) is 7.03. The molecule has 1 aliphatic rings. The van der Waals surface area contributed by atoms with E-state index < -0.39 is 23.3 Å². The molecule has 0 spiro atoms. The van der Waals surface area contributed by atoms with Crippen molar-refractivity contribution in [2.75, 3.05) is 31.1 Å². The standard InChI is InChI=1S/C19H27F2N3O3/c1-19(2,3)27-18(26)22-8-6-17(25)23-11-13-7-9-24(12-13)14-4-5-15(20)16(21)10-14/h4-5,10,13H,6-9,11-12H2,1-3H3,(H,22,26)(H,23,25). The van der Waals surface area contributed by atoms with Crippen LogP contribution in [0.4, 0.5) is 19.3 Å². The number of anilines is 1. The lowest BCUT2D eigenvalue weighted by molar-refractivity contribution is -0.121. The van der Waals surface area contributed by atoms with E-state index in [1.807, 2.05) is 4.90 Å². The van der Waals surface area contributed by atoms with Crippen LogP contribution in [0, 0.1) is 17.6 Å². The molecule has 0 aliphatic carbocycles. The first-order valence-corrected chi connectivity index (χ1v) is 9.07. The van der Waals surface area contributed by atoms with Crippen LogP contribution in [0.3, 0.4) is 0 Å². The summed E-state index contributed by atoms with van der Waals surface area (Å²) in [6.45, 7) is 7.41. The van der Waals surface area contributed by atoms with Gasteiger partial charge in [0.25, 0.3) is 0 Å². The van der Waals surface area contributed by atoms with Gasteiger partial charge >= 0.3 is 6.09 Å². The minimum Gasteiger partial charge on any atom is -0.444 e. The highest BCUT2D eigenvalue weighted by molar-refractivity contribution is 5.77. The molecule has 1 unspecified atom stereocenters. The number of benzene rings is 1. The number of rotatable bonds is 6. The number of nitrogens with zero attached hydrogens (tertiary/aromatic N) is 1. The van der Waals surface area contributed by atoms with Crippen molar-refractivity contribution in [3.8, 4) is 0 Å². The Morgan fingerprint density at radius 1 is 1.22 bits per heavy atom. The Bertz CT molecular complexity index is 677. The molecule has 2 rings (SSSR count). The molecule has 0 saturated carbocycles. The molecule has 0 bridgehead atoms. The summed E-state index contributed by atoms with van der Waals surface area (Å²) in [5.41, 5.74) is 0.0676. The molecule has 6 nitrogen and oxygen atoms in total. The van der Waals surface area contributed by atoms with Crippen molar-refractivity contribution >= 4 is 17.7 Å². The molecule has 1 heterocycles. The van der Waals surface area contributed by atoms with E-state index in [1.165, 1.54) is 6.07 Å². The molecule has 27 heavy (non-hydrogen) atoms. The quantitative estimate of drug-likeness (QED) is 0.793. The number of carbonyl (C=O) groups excluding carboxylic acids is 2. The highest BCUT2D eigenvalue weighted by Crippen LogP contribution is 2.25. The van der Waals surface area contributed by atoms with Crippen LogP contribution in [0.15, 0.2) is 18.2 Å². The third-order valence-corrected chi connectivity index (χ3v) is 4.16. The fourth-order valence-corrected chi connectivity index (χ4v) is 2.85. The highest BCUT2D eigenvalue weighted by atomic mass is 19.2. The van der Waals surface area contributed by atoms with Crippen molar-refractivity contribution in [3.05, 3.63) is 29.8 Å². The molecule has 8 heteroatoms. The van der Waals surface area contributed by atoms with E-state index in [4.69, 9.17) is 4.74 Å². The molecular formula is C19H27F2N3O3. The first kappa shape index (κ1) is 20.9. The normalized spacial score (nSPS) is 16.9. The van der Waals surface area contributed by atoms with Crippen LogP contribution in [0.2, 0.25) is 0 Å². The fraction of sp³-hybridized carbons (Fsp3) is 0.579. The van der Waals surface area contributed by atoms with Gasteiger partial charge in [-0.15, -0.1) is 0 Å². The lowest BCUT2D eigenvalue weighted by Gasteiger charge is -2.20. The predicted molar refractivity (Wildman–Crippen MR) is 98.5 cm³/mol. The maximum atomic E-state index is 13.4. The van der Waals surface area contributed by atoms with E-state index in [0.29, 0.717) is 18.8 Å². The molecule has 1 fully saturated rings. The average molecular weight is 383 g/mol. The highest BCUT2D eigenvalue weighted by Gasteiger charge is 2.24. The van der Waals surface area contributed by atoms with E-state index in [9.17, 15) is 18.4 Å². The van der Waals surface area contributed by atoms with Crippen molar-refractivity contribution in [1.29, 1.82) is 0 Å². The number of amides is 2. The Balaban J connectivity index is 1.66. The van der Waals surface area contributed by atoms with Crippen LogP contribution >= 0.6 is 0 Å². The zero-order valence-corrected chi connectivity index (χ0v) is 16.0. The van der Waals surface area contributed by atoms with Crippen LogP contribution in [0.1, 0.15) is 33.6 Å². The predicted octanol–water partition coefficient (Wildman–Crippen LogP) is 2.82. The molecular weight excluding hydrogens is 356 g/mol. The molecule has 2 N–H and O–H groups in total. The van der Waals surface area contributed by atoms with Gasteiger partial charge in [-0.25, -0.2) is 13.6 Å². The summed E-state index contributed by atoms with van der Waals surface area (Å²) in [7, 11) is 0. The summed E-state index contributed by atoms with van der Waals surface area (Å²) in [5.74, 6) is -1.64. The van der Waals surface area contributed by atoms with Gasteiger partial charge in [0.15, 0.2) is 11.6 Å². The Kier molecular flexibility index (Phi) is 6.98. The van der Waals surface area contributed by atoms with E-state index in [-0.39, 0.29) is 24.8 Å². The minimum absolute atomic E-state index is 0.155. The number of halogens is 2. The van der Waals surface area contributed by atoms with Crippen LogP contribution < -0.4 is 15.5 Å². The van der Waals surface area contributed by atoms with Crippen LogP contribution in [0.5, 0.6) is 0 Å². The third-order valence-electron chi connectivity index (χ3n) is 4.16. The lowest BCUT2D eigenvalue weighted by Crippen LogP contribution is -2.36. The molecule has 1 aliphatic heterocycles. The smallest absolute Gasteiger partial charge is 0.407 e. The number of nitrogens with one attached hydrogen (secondary N) is 2. The first-order chi connectivity index (χ1) is 12.6. The SMILES string of the molecule is CC(C)(C)OC(=O)NCCC(=O)NCC1CCN(c2ccc(F)c(F)c2)C1. The van der Waals surface area contributed by atoms with E-state index in [0.717, 1.165) is 19.0 Å². The van der Waals surface area contributed by atoms with Gasteiger partial charge in [0, 0.05) is 44.4 Å². The summed E-state index contributed by atoms with van der Waals surface area (Å²) in [6, 6.07) is 3.87. The molecule has 150 valence electrons. The Hall–Kier alpha value is -2.38. The van der Waals surface area contributed by atoms with Gasteiger partial charge in [-0.05, 0) is 45.2 Å². The summed E-state index contributed by atoms with van der Waals surface area (Å²) < 4.78 is 31.5. The van der Waals surface area contributed by atoms with Gasteiger partial charge in [-0.2, -0.15) is 0 Å². The Labute approximate surface area is 158 Å². The molecule has 1 aromatic rings. The second kappa shape index (κ2) is 9.01. The zero-order chi connectivity index (χ0) is 20.0. The summed E-state index contributed by atoms with van der Waals surface area (Å²) >= 11 is 0. The Morgan fingerprint density at radius 3 is 2.63 bits per heavy atom. The molecule has 0 radical (unpaired) electrons. The van der Waals surface area contributed by atoms with Crippen LogP contribution in [-0.2, 0) is 9.53 Å². The number of ether oxygens (including phenoxy) is 1. The summed E-state index contributed by atoms with van der Waals surface area (Å²) in [4.78, 5) is 25.4. The fourth-order valence-electron chi connectivity index (χ4n) is 2.85. The zero-order valence-electron chi connectivity index (χ0n) is 16.0. The van der Waals surface area contributed by atoms with Crippen LogP contribution in [-0.4, -0.2) is 43.8 Å². The van der Waals surface area contributed by atoms with Crippen molar-refractivity contribution in [2.24, 2.45) is 5.92 Å². The minimum atomic E-state index is -0.859. The number of alkyl carbamates (subject to hydrolysis) is 1. The monoisotopic (exact) mass is 383 g/mol. The maximum Gasteiger partial charge on any atom is 0.407 e. The van der Waals surface area contributed by atoms with Crippen molar-refractivity contribution in [1.82, 2.24) is 10.6 Å². The van der Waals surface area contributed by atoms with Gasteiger partial charge in [-0.3, -0.25) is 4.79 Å². The van der Waals surface area contributed by atoms with E-state index in [2.05, 4.69) is 10.6 Å². The largest absolute Gasteiger partial charge is 0.444 e. The molecule has 1 saturated heterocycles. The van der Waals surface area contributed by atoms with E-state index >= 15 is 0 Å². The van der Waals surface area contributed by atoms with Gasteiger partial charge in [0.05, 0.1) is 0 Å². The summed E-state index contributed by atoms with van der Waals surface area (Å²) in [6.07, 6.45) is 0.474. The van der Waals surface area contributed by atoms with Crippen molar-refractivity contribution in [2.45, 2.75) is 39.2 Å². The topological polar surface area (TPSA) is 70.7 Å². The van der Waals surface area contributed by atoms with Gasteiger partial charge in [0.2, 0.25) is 5.91 Å².